The number of rotatable bonds is 5. The number of likely N-dealkylation sites (tertiary alicyclic amines) is 1. The number of primary amides is 1. The number of nitrogens with zero attached hydrogens (tertiary/aromatic N) is 1. The van der Waals surface area contributed by atoms with E-state index in [2.05, 4.69) is 30.1 Å². The van der Waals surface area contributed by atoms with E-state index in [1.54, 1.807) is 5.57 Å². The Balaban J connectivity index is 1.66. The van der Waals surface area contributed by atoms with E-state index < -0.39 is 0 Å². The summed E-state index contributed by atoms with van der Waals surface area (Å²) in [6.45, 7) is 8.09. The molecule has 0 aromatic heterocycles. The molecule has 0 spiro atoms. The van der Waals surface area contributed by atoms with Crippen LogP contribution in [0.2, 0.25) is 0 Å². The molecule has 2 unspecified atom stereocenters. The van der Waals surface area contributed by atoms with Crippen molar-refractivity contribution in [3.8, 4) is 0 Å². The Morgan fingerprint density at radius 3 is 2.75 bits per heavy atom. The van der Waals surface area contributed by atoms with Gasteiger partial charge in [-0.1, -0.05) is 18.6 Å². The third kappa shape index (κ3) is 4.91. The minimum absolute atomic E-state index is 0.213. The van der Waals surface area contributed by atoms with Gasteiger partial charge in [0.05, 0.1) is 6.54 Å². The topological polar surface area (TPSA) is 58.4 Å². The SMILES string of the molecule is CC1=CC(C)CC(CNC2CCN(CC(N)=O)CC2)C1. The maximum Gasteiger partial charge on any atom is 0.231 e. The van der Waals surface area contributed by atoms with Crippen LogP contribution in [0.1, 0.15) is 39.5 Å². The second kappa shape index (κ2) is 7.23. The van der Waals surface area contributed by atoms with Crippen LogP contribution in [0.4, 0.5) is 0 Å². The Morgan fingerprint density at radius 2 is 2.15 bits per heavy atom. The lowest BCUT2D eigenvalue weighted by Crippen LogP contribution is -2.46. The van der Waals surface area contributed by atoms with Gasteiger partial charge in [0.25, 0.3) is 0 Å². The zero-order chi connectivity index (χ0) is 14.5. The number of carbonyl (C=O) groups excluding carboxylic acids is 1. The minimum Gasteiger partial charge on any atom is -0.369 e. The average Bonchev–Trinajstić information content (AvgIpc) is 2.36. The molecule has 114 valence electrons. The Bertz CT molecular complexity index is 359. The van der Waals surface area contributed by atoms with E-state index in [-0.39, 0.29) is 5.91 Å². The standard InChI is InChI=1S/C16H29N3O/c1-12-7-13(2)9-14(8-12)10-18-15-3-5-19(6-4-15)11-16(17)20/h7,12,14-15,18H,3-6,8-11H2,1-2H3,(H2,17,20). The zero-order valence-electron chi connectivity index (χ0n) is 12.9. The molecule has 0 aromatic rings. The molecular formula is C16H29N3O. The fraction of sp³-hybridized carbons (Fsp3) is 0.812. The summed E-state index contributed by atoms with van der Waals surface area (Å²) in [5.41, 5.74) is 6.79. The van der Waals surface area contributed by atoms with Gasteiger partial charge in [-0.2, -0.15) is 0 Å². The van der Waals surface area contributed by atoms with Crippen molar-refractivity contribution in [3.63, 3.8) is 0 Å². The van der Waals surface area contributed by atoms with Crippen molar-refractivity contribution in [1.82, 2.24) is 10.2 Å². The number of hydrogen-bond donors (Lipinski definition) is 2. The van der Waals surface area contributed by atoms with Crippen molar-refractivity contribution >= 4 is 5.91 Å². The van der Waals surface area contributed by atoms with Crippen LogP contribution in [0.5, 0.6) is 0 Å². The van der Waals surface area contributed by atoms with Crippen LogP contribution in [0.15, 0.2) is 11.6 Å². The summed E-state index contributed by atoms with van der Waals surface area (Å²) in [5, 5.41) is 3.74. The van der Waals surface area contributed by atoms with Gasteiger partial charge in [-0.05, 0) is 51.0 Å². The summed E-state index contributed by atoms with van der Waals surface area (Å²) < 4.78 is 0. The van der Waals surface area contributed by atoms with Gasteiger partial charge >= 0.3 is 0 Å². The van der Waals surface area contributed by atoms with Crippen molar-refractivity contribution in [3.05, 3.63) is 11.6 Å². The molecule has 20 heavy (non-hydrogen) atoms. The molecule has 3 N–H and O–H groups in total. The molecule has 0 aromatic carbocycles. The fourth-order valence-electron chi connectivity index (χ4n) is 3.69. The van der Waals surface area contributed by atoms with E-state index in [0.29, 0.717) is 12.6 Å². The molecule has 0 bridgehead atoms. The second-order valence-electron chi connectivity index (χ2n) is 6.72. The van der Waals surface area contributed by atoms with Gasteiger partial charge in [0, 0.05) is 19.1 Å². The van der Waals surface area contributed by atoms with Crippen LogP contribution in [-0.4, -0.2) is 43.0 Å². The number of piperidine rings is 1. The van der Waals surface area contributed by atoms with Crippen molar-refractivity contribution in [1.29, 1.82) is 0 Å². The van der Waals surface area contributed by atoms with Crippen LogP contribution in [0.3, 0.4) is 0 Å². The second-order valence-corrected chi connectivity index (χ2v) is 6.72. The smallest absolute Gasteiger partial charge is 0.231 e. The molecule has 0 radical (unpaired) electrons. The number of nitrogens with two attached hydrogens (primary N) is 1. The predicted octanol–water partition coefficient (Wildman–Crippen LogP) is 1.52. The van der Waals surface area contributed by atoms with Crippen LogP contribution < -0.4 is 11.1 Å². The third-order valence-corrected chi connectivity index (χ3v) is 4.55. The van der Waals surface area contributed by atoms with Crippen molar-refractivity contribution < 1.29 is 4.79 Å². The largest absolute Gasteiger partial charge is 0.369 e. The number of hydrogen-bond acceptors (Lipinski definition) is 3. The van der Waals surface area contributed by atoms with Gasteiger partial charge in [0.2, 0.25) is 5.91 Å². The molecule has 2 rings (SSSR count). The molecule has 4 heteroatoms. The molecular weight excluding hydrogens is 250 g/mol. The maximum absolute atomic E-state index is 10.9. The van der Waals surface area contributed by atoms with Crippen LogP contribution in [0, 0.1) is 11.8 Å². The predicted molar refractivity (Wildman–Crippen MR) is 82.3 cm³/mol. The van der Waals surface area contributed by atoms with E-state index in [1.165, 1.54) is 12.8 Å². The lowest BCUT2D eigenvalue weighted by molar-refractivity contribution is -0.119. The quantitative estimate of drug-likeness (QED) is 0.750. The number of carbonyl (C=O) groups is 1. The third-order valence-electron chi connectivity index (χ3n) is 4.55. The van der Waals surface area contributed by atoms with E-state index >= 15 is 0 Å². The average molecular weight is 279 g/mol. The fourth-order valence-corrected chi connectivity index (χ4v) is 3.69. The molecule has 4 nitrogen and oxygen atoms in total. The summed E-state index contributed by atoms with van der Waals surface area (Å²) in [5.74, 6) is 1.31. The normalized spacial score (nSPS) is 29.2. The molecule has 2 aliphatic rings. The van der Waals surface area contributed by atoms with Gasteiger partial charge in [-0.15, -0.1) is 0 Å². The molecule has 2 atom stereocenters. The van der Waals surface area contributed by atoms with E-state index in [4.69, 9.17) is 5.73 Å². The first kappa shape index (κ1) is 15.5. The number of allylic oxidation sites excluding steroid dienone is 2. The first-order valence-corrected chi connectivity index (χ1v) is 7.94. The molecule has 1 heterocycles. The van der Waals surface area contributed by atoms with Gasteiger partial charge < -0.3 is 11.1 Å². The highest BCUT2D eigenvalue weighted by Crippen LogP contribution is 2.27. The summed E-state index contributed by atoms with van der Waals surface area (Å²) >= 11 is 0. The van der Waals surface area contributed by atoms with Gasteiger partial charge in [0.15, 0.2) is 0 Å². The molecule has 1 amide bonds. The lowest BCUT2D eigenvalue weighted by atomic mass is 9.83. The number of amides is 1. The first-order valence-electron chi connectivity index (χ1n) is 7.94. The van der Waals surface area contributed by atoms with Gasteiger partial charge in [-0.25, -0.2) is 0 Å². The van der Waals surface area contributed by atoms with E-state index in [1.807, 2.05) is 0 Å². The molecule has 1 aliphatic carbocycles. The Kier molecular flexibility index (Phi) is 5.61. The highest BCUT2D eigenvalue weighted by Gasteiger charge is 2.22. The van der Waals surface area contributed by atoms with Crippen LogP contribution >= 0.6 is 0 Å². The van der Waals surface area contributed by atoms with E-state index in [0.717, 1.165) is 44.3 Å². The highest BCUT2D eigenvalue weighted by atomic mass is 16.1. The summed E-state index contributed by atoms with van der Waals surface area (Å²) in [7, 11) is 0. The molecule has 1 saturated heterocycles. The van der Waals surface area contributed by atoms with Gasteiger partial charge in [-0.3, -0.25) is 9.69 Å². The Labute approximate surface area is 122 Å². The van der Waals surface area contributed by atoms with Crippen molar-refractivity contribution in [2.45, 2.75) is 45.6 Å². The van der Waals surface area contributed by atoms with Crippen molar-refractivity contribution in [2.24, 2.45) is 17.6 Å². The van der Waals surface area contributed by atoms with Crippen LogP contribution in [0.25, 0.3) is 0 Å². The Morgan fingerprint density at radius 1 is 1.45 bits per heavy atom. The van der Waals surface area contributed by atoms with Gasteiger partial charge in [0.1, 0.15) is 0 Å². The minimum atomic E-state index is -0.213. The zero-order valence-corrected chi connectivity index (χ0v) is 12.9. The molecule has 1 fully saturated rings. The monoisotopic (exact) mass is 279 g/mol. The van der Waals surface area contributed by atoms with Crippen LogP contribution in [-0.2, 0) is 4.79 Å². The highest BCUT2D eigenvalue weighted by molar-refractivity contribution is 5.75. The Hall–Kier alpha value is -0.870. The summed E-state index contributed by atoms with van der Waals surface area (Å²) in [4.78, 5) is 13.1. The number of nitrogens with one attached hydrogen (secondary N) is 1. The molecule has 0 saturated carbocycles. The summed E-state index contributed by atoms with van der Waals surface area (Å²) in [6, 6.07) is 0.612. The molecule has 1 aliphatic heterocycles. The van der Waals surface area contributed by atoms with E-state index in [9.17, 15) is 4.79 Å². The lowest BCUT2D eigenvalue weighted by Gasteiger charge is -2.33. The first-order chi connectivity index (χ1) is 9.52. The van der Waals surface area contributed by atoms with Crippen molar-refractivity contribution in [2.75, 3.05) is 26.2 Å². The maximum atomic E-state index is 10.9. The summed E-state index contributed by atoms with van der Waals surface area (Å²) in [6.07, 6.45) is 7.23.